The van der Waals surface area contributed by atoms with E-state index in [4.69, 9.17) is 0 Å². The third-order valence-electron chi connectivity index (χ3n) is 5.51. The van der Waals surface area contributed by atoms with Gasteiger partial charge in [0, 0.05) is 20.1 Å². The maximum absolute atomic E-state index is 12.9. The number of anilines is 1. The SMILES string of the molecule is CN1C(=O)c2cccc(NC(=O)C3CCCN(S(=O)(=O)c4ccccc4)C3)c2C1=O. The monoisotopic (exact) mass is 427 g/mol. The van der Waals surface area contributed by atoms with Crippen LogP contribution in [0, 0.1) is 5.92 Å². The molecule has 156 valence electrons. The highest BCUT2D eigenvalue weighted by Gasteiger charge is 2.37. The lowest BCUT2D eigenvalue weighted by Crippen LogP contribution is -2.43. The molecule has 4 rings (SSSR count). The van der Waals surface area contributed by atoms with Crippen LogP contribution < -0.4 is 5.32 Å². The molecule has 0 bridgehead atoms. The number of imide groups is 1. The summed E-state index contributed by atoms with van der Waals surface area (Å²) in [6, 6.07) is 12.8. The van der Waals surface area contributed by atoms with Crippen LogP contribution in [0.4, 0.5) is 5.69 Å². The first-order valence-corrected chi connectivity index (χ1v) is 11.1. The summed E-state index contributed by atoms with van der Waals surface area (Å²) in [6.45, 7) is 0.407. The fraction of sp³-hybridized carbons (Fsp3) is 0.286. The van der Waals surface area contributed by atoms with E-state index in [1.54, 1.807) is 36.4 Å². The van der Waals surface area contributed by atoms with E-state index in [1.807, 2.05) is 0 Å². The number of carbonyl (C=O) groups is 3. The lowest BCUT2D eigenvalue weighted by atomic mass is 9.98. The van der Waals surface area contributed by atoms with Gasteiger partial charge in [0.2, 0.25) is 15.9 Å². The van der Waals surface area contributed by atoms with Gasteiger partial charge in [0.05, 0.1) is 27.6 Å². The summed E-state index contributed by atoms with van der Waals surface area (Å²) >= 11 is 0. The van der Waals surface area contributed by atoms with Crippen molar-refractivity contribution < 1.29 is 22.8 Å². The minimum atomic E-state index is -3.69. The molecule has 0 saturated carbocycles. The van der Waals surface area contributed by atoms with Gasteiger partial charge >= 0.3 is 0 Å². The molecule has 2 aliphatic heterocycles. The average molecular weight is 427 g/mol. The van der Waals surface area contributed by atoms with Crippen molar-refractivity contribution in [1.29, 1.82) is 0 Å². The van der Waals surface area contributed by atoms with Gasteiger partial charge in [-0.2, -0.15) is 4.31 Å². The molecule has 0 aliphatic carbocycles. The summed E-state index contributed by atoms with van der Waals surface area (Å²) in [5, 5.41) is 2.74. The van der Waals surface area contributed by atoms with Gasteiger partial charge in [-0.05, 0) is 37.1 Å². The third-order valence-corrected chi connectivity index (χ3v) is 7.39. The molecule has 0 aromatic heterocycles. The zero-order valence-electron chi connectivity index (χ0n) is 16.4. The Hall–Kier alpha value is -3.04. The molecule has 8 nitrogen and oxygen atoms in total. The van der Waals surface area contributed by atoms with Crippen molar-refractivity contribution >= 4 is 33.4 Å². The fourth-order valence-corrected chi connectivity index (χ4v) is 5.40. The molecule has 3 amide bonds. The number of hydrogen-bond donors (Lipinski definition) is 1. The number of hydrogen-bond acceptors (Lipinski definition) is 5. The average Bonchev–Trinajstić information content (AvgIpc) is 2.99. The largest absolute Gasteiger partial charge is 0.325 e. The molecule has 2 aliphatic rings. The van der Waals surface area contributed by atoms with Gasteiger partial charge in [0.15, 0.2) is 0 Å². The van der Waals surface area contributed by atoms with Gasteiger partial charge in [-0.15, -0.1) is 0 Å². The molecular weight excluding hydrogens is 406 g/mol. The first-order valence-electron chi connectivity index (χ1n) is 9.62. The van der Waals surface area contributed by atoms with Crippen molar-refractivity contribution in [3.63, 3.8) is 0 Å². The van der Waals surface area contributed by atoms with Crippen molar-refractivity contribution in [3.05, 3.63) is 59.7 Å². The minimum absolute atomic E-state index is 0.0604. The molecule has 1 fully saturated rings. The predicted molar refractivity (Wildman–Crippen MR) is 109 cm³/mol. The number of fused-ring (bicyclic) bond motifs is 1. The normalized spacial score (nSPS) is 19.6. The number of rotatable bonds is 4. The lowest BCUT2D eigenvalue weighted by molar-refractivity contribution is -0.120. The highest BCUT2D eigenvalue weighted by atomic mass is 32.2. The van der Waals surface area contributed by atoms with Gasteiger partial charge in [-0.3, -0.25) is 19.3 Å². The van der Waals surface area contributed by atoms with E-state index in [9.17, 15) is 22.8 Å². The van der Waals surface area contributed by atoms with Crippen LogP contribution in [-0.4, -0.2) is 55.5 Å². The molecule has 1 unspecified atom stereocenters. The molecule has 2 aromatic rings. The van der Waals surface area contributed by atoms with Crippen LogP contribution >= 0.6 is 0 Å². The van der Waals surface area contributed by atoms with Crippen molar-refractivity contribution in [2.75, 3.05) is 25.5 Å². The Balaban J connectivity index is 1.53. The van der Waals surface area contributed by atoms with Crippen molar-refractivity contribution in [3.8, 4) is 0 Å². The van der Waals surface area contributed by atoms with Crippen LogP contribution in [0.1, 0.15) is 33.6 Å². The summed E-state index contributed by atoms with van der Waals surface area (Å²) < 4.78 is 27.1. The Labute approximate surface area is 174 Å². The second-order valence-electron chi connectivity index (χ2n) is 7.40. The number of nitrogens with zero attached hydrogens (tertiary/aromatic N) is 2. The Morgan fingerprint density at radius 2 is 1.77 bits per heavy atom. The fourth-order valence-electron chi connectivity index (χ4n) is 3.86. The molecule has 1 saturated heterocycles. The highest BCUT2D eigenvalue weighted by molar-refractivity contribution is 7.89. The smallest absolute Gasteiger partial charge is 0.263 e. The number of piperidine rings is 1. The van der Waals surface area contributed by atoms with E-state index >= 15 is 0 Å². The van der Waals surface area contributed by atoms with Crippen LogP contribution in [0.3, 0.4) is 0 Å². The number of benzene rings is 2. The Kier molecular flexibility index (Phi) is 5.17. The van der Waals surface area contributed by atoms with Crippen LogP contribution in [0.15, 0.2) is 53.4 Å². The van der Waals surface area contributed by atoms with Crippen LogP contribution in [0.2, 0.25) is 0 Å². The van der Waals surface area contributed by atoms with Crippen molar-refractivity contribution in [1.82, 2.24) is 9.21 Å². The summed E-state index contributed by atoms with van der Waals surface area (Å²) in [4.78, 5) is 38.7. The molecule has 1 atom stereocenters. The molecule has 30 heavy (non-hydrogen) atoms. The molecule has 2 aromatic carbocycles. The first-order chi connectivity index (χ1) is 14.3. The van der Waals surface area contributed by atoms with Crippen LogP contribution in [0.5, 0.6) is 0 Å². The zero-order valence-corrected chi connectivity index (χ0v) is 17.2. The highest BCUT2D eigenvalue weighted by Crippen LogP contribution is 2.30. The Morgan fingerprint density at radius 1 is 1.03 bits per heavy atom. The summed E-state index contributed by atoms with van der Waals surface area (Å²) in [6.07, 6.45) is 1.09. The standard InChI is InChI=1S/C21H21N3O5S/c1-23-20(26)16-10-5-11-17(18(16)21(23)27)22-19(25)14-7-6-12-24(13-14)30(28,29)15-8-3-2-4-9-15/h2-5,8-11,14H,6-7,12-13H2,1H3,(H,22,25). The topological polar surface area (TPSA) is 104 Å². The quantitative estimate of drug-likeness (QED) is 0.751. The second kappa shape index (κ2) is 7.66. The lowest BCUT2D eigenvalue weighted by Gasteiger charge is -2.31. The molecule has 2 heterocycles. The van der Waals surface area contributed by atoms with Gasteiger partial charge in [0.25, 0.3) is 11.8 Å². The Bertz CT molecular complexity index is 1130. The van der Waals surface area contributed by atoms with E-state index in [2.05, 4.69) is 5.32 Å². The predicted octanol–water partition coefficient (Wildman–Crippen LogP) is 1.95. The summed E-state index contributed by atoms with van der Waals surface area (Å²) in [5.74, 6) is -1.81. The molecule has 0 spiro atoms. The molecule has 0 radical (unpaired) electrons. The van der Waals surface area contributed by atoms with E-state index in [-0.39, 0.29) is 34.2 Å². The number of sulfonamides is 1. The Morgan fingerprint density at radius 3 is 2.50 bits per heavy atom. The molecular formula is C21H21N3O5S. The first kappa shape index (κ1) is 20.2. The van der Waals surface area contributed by atoms with Crippen molar-refractivity contribution in [2.45, 2.75) is 17.7 Å². The second-order valence-corrected chi connectivity index (χ2v) is 9.34. The maximum Gasteiger partial charge on any atom is 0.263 e. The van der Waals surface area contributed by atoms with Crippen LogP contribution in [-0.2, 0) is 14.8 Å². The van der Waals surface area contributed by atoms with Gasteiger partial charge in [0.1, 0.15) is 0 Å². The maximum atomic E-state index is 12.9. The van der Waals surface area contributed by atoms with E-state index < -0.39 is 27.8 Å². The minimum Gasteiger partial charge on any atom is -0.325 e. The molecule has 1 N–H and O–H groups in total. The van der Waals surface area contributed by atoms with Crippen molar-refractivity contribution in [2.24, 2.45) is 5.92 Å². The van der Waals surface area contributed by atoms with E-state index in [0.29, 0.717) is 19.4 Å². The van der Waals surface area contributed by atoms with E-state index in [1.165, 1.54) is 23.5 Å². The number of amides is 3. The molecule has 9 heteroatoms. The number of carbonyl (C=O) groups excluding carboxylic acids is 3. The van der Waals surface area contributed by atoms with Gasteiger partial charge in [-0.1, -0.05) is 24.3 Å². The van der Waals surface area contributed by atoms with Gasteiger partial charge in [-0.25, -0.2) is 8.42 Å². The number of nitrogens with one attached hydrogen (secondary N) is 1. The van der Waals surface area contributed by atoms with Gasteiger partial charge < -0.3 is 5.32 Å². The van der Waals surface area contributed by atoms with E-state index in [0.717, 1.165) is 4.90 Å². The summed E-state index contributed by atoms with van der Waals surface area (Å²) in [5.41, 5.74) is 0.684. The van der Waals surface area contributed by atoms with Crippen LogP contribution in [0.25, 0.3) is 0 Å². The third kappa shape index (κ3) is 3.40. The zero-order chi connectivity index (χ0) is 21.5. The summed E-state index contributed by atoms with van der Waals surface area (Å²) in [7, 11) is -2.29.